The number of aliphatic hydroxyl groups excluding tert-OH is 2. The van der Waals surface area contributed by atoms with Gasteiger partial charge in [-0.15, -0.1) is 0 Å². The molecule has 0 aromatic carbocycles. The van der Waals surface area contributed by atoms with Crippen molar-refractivity contribution < 1.29 is 24.5 Å². The highest BCUT2D eigenvalue weighted by atomic mass is 16.5. The van der Waals surface area contributed by atoms with Crippen LogP contribution >= 0.6 is 0 Å². The van der Waals surface area contributed by atoms with E-state index in [1.165, 1.54) is 250 Å². The fourth-order valence-corrected chi connectivity index (χ4v) is 9.41. The lowest BCUT2D eigenvalue weighted by Crippen LogP contribution is -2.45. The van der Waals surface area contributed by atoms with Gasteiger partial charge in [-0.25, -0.2) is 0 Å². The fraction of sp³-hybridized carbons (Fsp3) is 0.966. The van der Waals surface area contributed by atoms with Gasteiger partial charge in [0.15, 0.2) is 0 Å². The molecule has 0 aliphatic heterocycles. The Morgan fingerprint density at radius 2 is 0.641 bits per heavy atom. The predicted molar refractivity (Wildman–Crippen MR) is 278 cm³/mol. The molecule has 64 heavy (non-hydrogen) atoms. The van der Waals surface area contributed by atoms with Crippen molar-refractivity contribution in [2.45, 2.75) is 347 Å². The Balaban J connectivity index is 3.42. The number of aliphatic hydroxyl groups is 2. The number of esters is 1. The summed E-state index contributed by atoms with van der Waals surface area (Å²) in [6.07, 6.45) is 62.3. The van der Waals surface area contributed by atoms with Gasteiger partial charge in [-0.3, -0.25) is 9.59 Å². The Morgan fingerprint density at radius 1 is 0.375 bits per heavy atom. The molecule has 6 nitrogen and oxygen atoms in total. The first kappa shape index (κ1) is 62.9. The highest BCUT2D eigenvalue weighted by Gasteiger charge is 2.20. The molecule has 0 rings (SSSR count). The van der Waals surface area contributed by atoms with Gasteiger partial charge in [0.1, 0.15) is 0 Å². The smallest absolute Gasteiger partial charge is 0.305 e. The summed E-state index contributed by atoms with van der Waals surface area (Å²) in [5, 5.41) is 23.3. The lowest BCUT2D eigenvalue weighted by Gasteiger charge is -2.22. The molecule has 382 valence electrons. The largest absolute Gasteiger partial charge is 0.466 e. The van der Waals surface area contributed by atoms with E-state index in [9.17, 15) is 19.8 Å². The predicted octanol–water partition coefficient (Wildman–Crippen LogP) is 17.9. The van der Waals surface area contributed by atoms with E-state index in [2.05, 4.69) is 19.2 Å². The number of rotatable bonds is 55. The number of nitrogens with one attached hydrogen (secondary N) is 1. The summed E-state index contributed by atoms with van der Waals surface area (Å²) < 4.78 is 5.48. The standard InChI is InChI=1S/C58H115NO5/c1-3-5-7-9-11-13-15-17-19-21-22-23-26-30-34-38-42-46-50-56(61)55(54-60)59-57(62)51-47-43-39-35-31-27-25-29-33-37-41-45-49-53-64-58(63)52-48-44-40-36-32-28-24-20-18-16-14-12-10-8-6-4-2/h55-56,60-61H,3-54H2,1-2H3,(H,59,62). The van der Waals surface area contributed by atoms with Crippen molar-refractivity contribution in [1.29, 1.82) is 0 Å². The Labute approximate surface area is 400 Å². The van der Waals surface area contributed by atoms with Gasteiger partial charge in [0, 0.05) is 12.8 Å². The van der Waals surface area contributed by atoms with E-state index >= 15 is 0 Å². The van der Waals surface area contributed by atoms with Gasteiger partial charge in [0.25, 0.3) is 0 Å². The number of ether oxygens (including phenoxy) is 1. The molecule has 6 heteroatoms. The second-order valence-corrected chi connectivity index (χ2v) is 20.3. The van der Waals surface area contributed by atoms with Crippen LogP contribution in [0.15, 0.2) is 0 Å². The second kappa shape index (κ2) is 54.5. The van der Waals surface area contributed by atoms with Crippen LogP contribution in [0.5, 0.6) is 0 Å². The fourth-order valence-electron chi connectivity index (χ4n) is 9.41. The van der Waals surface area contributed by atoms with E-state index in [4.69, 9.17) is 4.74 Å². The van der Waals surface area contributed by atoms with E-state index in [0.717, 1.165) is 51.4 Å². The number of amides is 1. The monoisotopic (exact) mass is 906 g/mol. The Hall–Kier alpha value is -1.14. The van der Waals surface area contributed by atoms with Crippen LogP contribution in [0.1, 0.15) is 335 Å². The van der Waals surface area contributed by atoms with Crippen LogP contribution in [-0.2, 0) is 14.3 Å². The molecule has 0 aliphatic rings. The number of hydrogen-bond acceptors (Lipinski definition) is 5. The van der Waals surface area contributed by atoms with Gasteiger partial charge in [0.05, 0.1) is 25.4 Å². The molecule has 0 heterocycles. The molecule has 0 aliphatic carbocycles. The maximum Gasteiger partial charge on any atom is 0.305 e. The molecule has 1 amide bonds. The summed E-state index contributed by atoms with van der Waals surface area (Å²) in [7, 11) is 0. The number of unbranched alkanes of at least 4 members (excludes halogenated alkanes) is 44. The summed E-state index contributed by atoms with van der Waals surface area (Å²) >= 11 is 0. The van der Waals surface area contributed by atoms with Crippen molar-refractivity contribution in [3.63, 3.8) is 0 Å². The summed E-state index contributed by atoms with van der Waals surface area (Å²) in [5.41, 5.74) is 0. The molecule has 0 spiro atoms. The normalized spacial score (nSPS) is 12.5. The Bertz CT molecular complexity index is 913. The van der Waals surface area contributed by atoms with E-state index in [-0.39, 0.29) is 18.5 Å². The van der Waals surface area contributed by atoms with Gasteiger partial charge in [-0.1, -0.05) is 296 Å². The first-order valence-electron chi connectivity index (χ1n) is 29.3. The van der Waals surface area contributed by atoms with Crippen LogP contribution in [0.2, 0.25) is 0 Å². The minimum absolute atomic E-state index is 0.000724. The van der Waals surface area contributed by atoms with E-state index in [1.807, 2.05) is 0 Å². The zero-order chi connectivity index (χ0) is 46.5. The van der Waals surface area contributed by atoms with E-state index in [1.54, 1.807) is 0 Å². The summed E-state index contributed by atoms with van der Waals surface area (Å²) in [4.78, 5) is 24.6. The van der Waals surface area contributed by atoms with Crippen molar-refractivity contribution in [3.05, 3.63) is 0 Å². The lowest BCUT2D eigenvalue weighted by molar-refractivity contribution is -0.143. The quantitative estimate of drug-likeness (QED) is 0.0417. The maximum atomic E-state index is 12.5. The molecule has 0 radical (unpaired) electrons. The molecule has 2 atom stereocenters. The third-order valence-corrected chi connectivity index (χ3v) is 13.9. The zero-order valence-electron chi connectivity index (χ0n) is 43.5. The average Bonchev–Trinajstić information content (AvgIpc) is 3.29. The van der Waals surface area contributed by atoms with Crippen LogP contribution in [0.3, 0.4) is 0 Å². The third-order valence-electron chi connectivity index (χ3n) is 13.9. The Kier molecular flexibility index (Phi) is 53.5. The van der Waals surface area contributed by atoms with Gasteiger partial charge in [-0.05, 0) is 25.7 Å². The SMILES string of the molecule is CCCCCCCCCCCCCCCCCCCCC(O)C(CO)NC(=O)CCCCCCCCCCCCCCCOC(=O)CCCCCCCCCCCCCCCCCC. The molecular weight excluding hydrogens is 791 g/mol. The topological polar surface area (TPSA) is 95.9 Å². The molecule has 0 fully saturated rings. The van der Waals surface area contributed by atoms with Gasteiger partial charge in [-0.2, -0.15) is 0 Å². The van der Waals surface area contributed by atoms with Crippen LogP contribution in [0.4, 0.5) is 0 Å². The van der Waals surface area contributed by atoms with Gasteiger partial charge < -0.3 is 20.3 Å². The van der Waals surface area contributed by atoms with Crippen molar-refractivity contribution >= 4 is 11.9 Å². The Morgan fingerprint density at radius 3 is 0.953 bits per heavy atom. The van der Waals surface area contributed by atoms with Crippen LogP contribution in [0.25, 0.3) is 0 Å². The summed E-state index contributed by atoms with van der Waals surface area (Å²) in [6.45, 7) is 4.96. The van der Waals surface area contributed by atoms with E-state index < -0.39 is 12.1 Å². The van der Waals surface area contributed by atoms with Gasteiger partial charge in [0.2, 0.25) is 5.91 Å². The average molecular weight is 907 g/mol. The van der Waals surface area contributed by atoms with Crippen molar-refractivity contribution in [2.24, 2.45) is 0 Å². The van der Waals surface area contributed by atoms with Gasteiger partial charge >= 0.3 is 5.97 Å². The molecule has 0 aromatic heterocycles. The second-order valence-electron chi connectivity index (χ2n) is 20.3. The van der Waals surface area contributed by atoms with Crippen LogP contribution in [0, 0.1) is 0 Å². The number of carbonyl (C=O) groups excluding carboxylic acids is 2. The third kappa shape index (κ3) is 50.3. The minimum Gasteiger partial charge on any atom is -0.466 e. The first-order valence-corrected chi connectivity index (χ1v) is 29.3. The zero-order valence-corrected chi connectivity index (χ0v) is 43.5. The first-order chi connectivity index (χ1) is 31.5. The van der Waals surface area contributed by atoms with Crippen molar-refractivity contribution in [1.82, 2.24) is 5.32 Å². The van der Waals surface area contributed by atoms with Crippen molar-refractivity contribution in [3.8, 4) is 0 Å². The van der Waals surface area contributed by atoms with Crippen LogP contribution < -0.4 is 5.32 Å². The summed E-state index contributed by atoms with van der Waals surface area (Å²) in [6, 6.07) is -0.550. The highest BCUT2D eigenvalue weighted by molar-refractivity contribution is 5.76. The molecule has 2 unspecified atom stereocenters. The van der Waals surface area contributed by atoms with E-state index in [0.29, 0.717) is 25.9 Å². The summed E-state index contributed by atoms with van der Waals surface area (Å²) in [5.74, 6) is -0.0446. The van der Waals surface area contributed by atoms with Crippen LogP contribution in [-0.4, -0.2) is 47.4 Å². The van der Waals surface area contributed by atoms with Crippen molar-refractivity contribution in [2.75, 3.05) is 13.2 Å². The minimum atomic E-state index is -0.672. The molecule has 0 saturated heterocycles. The molecule has 3 N–H and O–H groups in total. The molecule has 0 saturated carbocycles. The number of hydrogen-bond donors (Lipinski definition) is 3. The maximum absolute atomic E-state index is 12.5. The molecule has 0 aromatic rings. The highest BCUT2D eigenvalue weighted by Crippen LogP contribution is 2.18. The molecule has 0 bridgehead atoms. The molecular formula is C58H115NO5. The lowest BCUT2D eigenvalue weighted by atomic mass is 10.0. The number of carbonyl (C=O) groups is 2.